The summed E-state index contributed by atoms with van der Waals surface area (Å²) >= 11 is 0. The van der Waals surface area contributed by atoms with Crippen LogP contribution < -0.4 is 10.5 Å². The molecule has 0 atom stereocenters. The zero-order valence-corrected chi connectivity index (χ0v) is 10.2. The van der Waals surface area contributed by atoms with Crippen LogP contribution in [0.4, 0.5) is 13.2 Å². The van der Waals surface area contributed by atoms with Gasteiger partial charge in [0.25, 0.3) is 0 Å². The summed E-state index contributed by atoms with van der Waals surface area (Å²) in [7, 11) is 0. The summed E-state index contributed by atoms with van der Waals surface area (Å²) in [6.45, 7) is -1.10. The Balaban J connectivity index is 2.28. The third-order valence-electron chi connectivity index (χ3n) is 2.13. The number of nitrogen functional groups attached to an aromatic ring is 1. The van der Waals surface area contributed by atoms with Crippen LogP contribution in [0.3, 0.4) is 0 Å². The first kappa shape index (κ1) is 15.3. The van der Waals surface area contributed by atoms with Gasteiger partial charge < -0.3 is 15.2 Å². The molecule has 0 saturated heterocycles. The van der Waals surface area contributed by atoms with Gasteiger partial charge in [0.15, 0.2) is 0 Å². The van der Waals surface area contributed by atoms with Gasteiger partial charge in [-0.25, -0.2) is 0 Å². The molecule has 3 N–H and O–H groups in total. The van der Waals surface area contributed by atoms with Gasteiger partial charge in [-0.2, -0.15) is 13.2 Å². The number of halogens is 3. The van der Waals surface area contributed by atoms with E-state index in [0.29, 0.717) is 17.7 Å². The van der Waals surface area contributed by atoms with Crippen LogP contribution in [0.25, 0.3) is 0 Å². The molecule has 1 aromatic rings. The minimum absolute atomic E-state index is 0.0399. The summed E-state index contributed by atoms with van der Waals surface area (Å²) in [5.74, 6) is 0.315. The molecule has 1 rings (SSSR count). The molecule has 19 heavy (non-hydrogen) atoms. The average molecular weight is 276 g/mol. The number of alkyl halides is 3. The first-order valence-electron chi connectivity index (χ1n) is 5.61. The molecule has 0 aromatic heterocycles. The minimum Gasteiger partial charge on any atom is -0.493 e. The van der Waals surface area contributed by atoms with Crippen molar-refractivity contribution in [2.45, 2.75) is 12.6 Å². The topological polar surface area (TPSA) is 68.3 Å². The Kier molecular flexibility index (Phi) is 5.62. The number of amidine groups is 1. The molecule has 0 radical (unpaired) electrons. The Morgan fingerprint density at radius 3 is 2.53 bits per heavy atom. The number of ether oxygens (including phenoxy) is 2. The second-order valence-electron chi connectivity index (χ2n) is 3.78. The highest BCUT2D eigenvalue weighted by molar-refractivity contribution is 5.97. The zero-order chi connectivity index (χ0) is 14.3. The number of hydrogen-bond acceptors (Lipinski definition) is 3. The lowest BCUT2D eigenvalue weighted by atomic mass is 10.2. The molecular formula is C12H15F3N2O2. The average Bonchev–Trinajstić information content (AvgIpc) is 2.32. The van der Waals surface area contributed by atoms with Gasteiger partial charge in [0.2, 0.25) is 0 Å². The van der Waals surface area contributed by atoms with Gasteiger partial charge in [0.05, 0.1) is 18.8 Å². The van der Waals surface area contributed by atoms with E-state index in [1.165, 1.54) is 0 Å². The van der Waals surface area contributed by atoms with E-state index in [-0.39, 0.29) is 19.0 Å². The third-order valence-corrected chi connectivity index (χ3v) is 2.13. The molecule has 0 amide bonds. The van der Waals surface area contributed by atoms with E-state index in [1.54, 1.807) is 24.3 Å². The van der Waals surface area contributed by atoms with E-state index in [0.717, 1.165) is 0 Å². The van der Waals surface area contributed by atoms with E-state index >= 15 is 0 Å². The summed E-state index contributed by atoms with van der Waals surface area (Å²) < 4.78 is 45.1. The lowest BCUT2D eigenvalue weighted by Gasteiger charge is -2.11. The molecule has 0 saturated carbocycles. The highest BCUT2D eigenvalue weighted by atomic mass is 19.4. The van der Waals surface area contributed by atoms with Crippen molar-refractivity contribution in [1.29, 1.82) is 5.41 Å². The largest absolute Gasteiger partial charge is 0.493 e. The Morgan fingerprint density at radius 2 is 1.89 bits per heavy atom. The molecular weight excluding hydrogens is 261 g/mol. The smallest absolute Gasteiger partial charge is 0.411 e. The molecule has 0 aliphatic carbocycles. The van der Waals surface area contributed by atoms with Crippen LogP contribution >= 0.6 is 0 Å². The maximum Gasteiger partial charge on any atom is 0.411 e. The number of para-hydroxylation sites is 1. The molecule has 0 aliphatic rings. The summed E-state index contributed by atoms with van der Waals surface area (Å²) in [6, 6.07) is 6.73. The normalized spacial score (nSPS) is 11.3. The van der Waals surface area contributed by atoms with Crippen LogP contribution in [-0.2, 0) is 4.74 Å². The Bertz CT molecular complexity index is 422. The number of rotatable bonds is 7. The maximum absolute atomic E-state index is 11.8. The van der Waals surface area contributed by atoms with Crippen LogP contribution in [0.15, 0.2) is 24.3 Å². The van der Waals surface area contributed by atoms with E-state index in [9.17, 15) is 13.2 Å². The fourth-order valence-electron chi connectivity index (χ4n) is 1.35. The van der Waals surface area contributed by atoms with Gasteiger partial charge in [0, 0.05) is 6.42 Å². The molecule has 0 fully saturated rings. The Hall–Kier alpha value is -1.76. The lowest BCUT2D eigenvalue weighted by molar-refractivity contribution is -0.174. The molecule has 0 spiro atoms. The lowest BCUT2D eigenvalue weighted by Crippen LogP contribution is -2.18. The van der Waals surface area contributed by atoms with Crippen LogP contribution in [0, 0.1) is 5.41 Å². The molecule has 7 heteroatoms. The SMILES string of the molecule is N=C(N)c1ccccc1OCCCOCC(F)(F)F. The van der Waals surface area contributed by atoms with Crippen molar-refractivity contribution in [2.24, 2.45) is 5.73 Å². The van der Waals surface area contributed by atoms with Gasteiger partial charge in [-0.15, -0.1) is 0 Å². The highest BCUT2D eigenvalue weighted by Crippen LogP contribution is 2.17. The van der Waals surface area contributed by atoms with Crippen LogP contribution in [0.1, 0.15) is 12.0 Å². The predicted octanol–water partition coefficient (Wildman–Crippen LogP) is 2.32. The van der Waals surface area contributed by atoms with Crippen molar-refractivity contribution >= 4 is 5.84 Å². The Morgan fingerprint density at radius 1 is 1.21 bits per heavy atom. The monoisotopic (exact) mass is 276 g/mol. The molecule has 0 bridgehead atoms. The van der Waals surface area contributed by atoms with Crippen molar-refractivity contribution in [3.63, 3.8) is 0 Å². The van der Waals surface area contributed by atoms with E-state index in [2.05, 4.69) is 4.74 Å². The quantitative estimate of drug-likeness (QED) is 0.456. The molecule has 4 nitrogen and oxygen atoms in total. The summed E-state index contributed by atoms with van der Waals surface area (Å²) in [5.41, 5.74) is 5.83. The van der Waals surface area contributed by atoms with Crippen molar-refractivity contribution in [3.8, 4) is 5.75 Å². The van der Waals surface area contributed by atoms with Gasteiger partial charge in [-0.05, 0) is 12.1 Å². The molecule has 0 heterocycles. The fraction of sp³-hybridized carbons (Fsp3) is 0.417. The van der Waals surface area contributed by atoms with Crippen LogP contribution in [0.2, 0.25) is 0 Å². The van der Waals surface area contributed by atoms with Crippen LogP contribution in [-0.4, -0.2) is 31.8 Å². The third kappa shape index (κ3) is 6.10. The number of benzene rings is 1. The Labute approximate surface area is 108 Å². The fourth-order valence-corrected chi connectivity index (χ4v) is 1.35. The second kappa shape index (κ2) is 6.98. The second-order valence-corrected chi connectivity index (χ2v) is 3.78. The highest BCUT2D eigenvalue weighted by Gasteiger charge is 2.27. The van der Waals surface area contributed by atoms with Crippen molar-refractivity contribution in [1.82, 2.24) is 0 Å². The maximum atomic E-state index is 11.8. The molecule has 1 aromatic carbocycles. The molecule has 0 unspecified atom stereocenters. The standard InChI is InChI=1S/C12H15F3N2O2/c13-12(14,15)8-18-6-3-7-19-10-5-2-1-4-9(10)11(16)17/h1-2,4-5H,3,6-8H2,(H3,16,17). The molecule has 106 valence electrons. The predicted molar refractivity (Wildman–Crippen MR) is 64.4 cm³/mol. The van der Waals surface area contributed by atoms with Gasteiger partial charge in [0.1, 0.15) is 18.2 Å². The van der Waals surface area contributed by atoms with E-state index in [1.807, 2.05) is 0 Å². The minimum atomic E-state index is -4.30. The summed E-state index contributed by atoms with van der Waals surface area (Å²) in [5, 5.41) is 7.34. The van der Waals surface area contributed by atoms with E-state index < -0.39 is 12.8 Å². The van der Waals surface area contributed by atoms with Gasteiger partial charge in [-0.3, -0.25) is 5.41 Å². The molecule has 0 aliphatic heterocycles. The van der Waals surface area contributed by atoms with Gasteiger partial charge >= 0.3 is 6.18 Å². The van der Waals surface area contributed by atoms with E-state index in [4.69, 9.17) is 15.9 Å². The summed E-state index contributed by atoms with van der Waals surface area (Å²) in [4.78, 5) is 0. The van der Waals surface area contributed by atoms with Crippen molar-refractivity contribution in [3.05, 3.63) is 29.8 Å². The van der Waals surface area contributed by atoms with Crippen molar-refractivity contribution < 1.29 is 22.6 Å². The number of hydrogen-bond donors (Lipinski definition) is 2. The van der Waals surface area contributed by atoms with Gasteiger partial charge in [-0.1, -0.05) is 12.1 Å². The number of nitrogens with two attached hydrogens (primary N) is 1. The zero-order valence-electron chi connectivity index (χ0n) is 10.2. The number of nitrogens with one attached hydrogen (secondary N) is 1. The van der Waals surface area contributed by atoms with Crippen molar-refractivity contribution in [2.75, 3.05) is 19.8 Å². The first-order valence-corrected chi connectivity index (χ1v) is 5.61. The summed E-state index contributed by atoms with van der Waals surface area (Å²) in [6.07, 6.45) is -3.98. The van der Waals surface area contributed by atoms with Crippen LogP contribution in [0.5, 0.6) is 5.75 Å². The first-order chi connectivity index (χ1) is 8.90.